The molecule has 0 radical (unpaired) electrons. The molecule has 0 aromatic carbocycles. The van der Waals surface area contributed by atoms with E-state index in [-0.39, 0.29) is 5.69 Å². The summed E-state index contributed by atoms with van der Waals surface area (Å²) in [6.45, 7) is 0.295. The van der Waals surface area contributed by atoms with Crippen LogP contribution in [0.2, 0.25) is 0 Å². The molecule has 0 saturated heterocycles. The van der Waals surface area contributed by atoms with Gasteiger partial charge in [-0.15, -0.1) is 0 Å². The van der Waals surface area contributed by atoms with Gasteiger partial charge in [-0.2, -0.15) is 18.3 Å². The Balaban J connectivity index is 2.03. The van der Waals surface area contributed by atoms with Crippen LogP contribution in [0.1, 0.15) is 28.0 Å². The summed E-state index contributed by atoms with van der Waals surface area (Å²) in [6, 6.07) is 1.74. The lowest BCUT2D eigenvalue weighted by Gasteiger charge is -2.15. The highest BCUT2D eigenvalue weighted by Gasteiger charge is 2.43. The summed E-state index contributed by atoms with van der Waals surface area (Å²) in [7, 11) is 0. The maximum atomic E-state index is 12.4. The first kappa shape index (κ1) is 18.6. The van der Waals surface area contributed by atoms with E-state index in [4.69, 9.17) is 0 Å². The average Bonchev–Trinajstić information content (AvgIpc) is 2.97. The van der Waals surface area contributed by atoms with Crippen molar-refractivity contribution in [3.05, 3.63) is 35.3 Å². The Morgan fingerprint density at radius 2 is 2.08 bits per heavy atom. The third kappa shape index (κ3) is 3.50. The number of rotatable bonds is 4. The van der Waals surface area contributed by atoms with Crippen molar-refractivity contribution in [2.45, 2.75) is 32.0 Å². The minimum atomic E-state index is -5.24. The number of hydrogen-bond acceptors (Lipinski definition) is 5. The number of pyridine rings is 1. The minimum Gasteiger partial charge on any atom is -0.381 e. The van der Waals surface area contributed by atoms with Crippen LogP contribution >= 0.6 is 15.9 Å². The van der Waals surface area contributed by atoms with Crippen molar-refractivity contribution in [2.24, 2.45) is 0 Å². The van der Waals surface area contributed by atoms with E-state index in [9.17, 15) is 22.8 Å². The molecule has 0 saturated carbocycles. The minimum absolute atomic E-state index is 0.110. The number of hydrogen-bond donors (Lipinski definition) is 0. The molecule has 6 nitrogen and oxygen atoms in total. The normalized spacial score (nSPS) is 13.1. The Bertz CT molecular complexity index is 864. The lowest BCUT2D eigenvalue weighted by molar-refractivity contribution is -0.193. The molecule has 0 spiro atoms. The molecule has 0 amide bonds. The topological polar surface area (TPSA) is 74.1 Å². The van der Waals surface area contributed by atoms with Crippen LogP contribution in [0, 0.1) is 0 Å². The molecule has 26 heavy (non-hydrogen) atoms. The van der Waals surface area contributed by atoms with Gasteiger partial charge in [0.05, 0.1) is 5.69 Å². The van der Waals surface area contributed by atoms with Crippen molar-refractivity contribution in [1.82, 2.24) is 14.8 Å². The number of ether oxygens (including phenoxy) is 1. The Morgan fingerprint density at radius 3 is 2.77 bits per heavy atom. The summed E-state index contributed by atoms with van der Waals surface area (Å²) >= 11 is 3.26. The molecule has 0 atom stereocenters. The molecule has 0 unspecified atom stereocenters. The summed E-state index contributed by atoms with van der Waals surface area (Å²) in [5.74, 6) is -3.88. The van der Waals surface area contributed by atoms with Crippen LogP contribution < -0.4 is 0 Å². The van der Waals surface area contributed by atoms with E-state index in [1.54, 1.807) is 18.5 Å². The summed E-state index contributed by atoms with van der Waals surface area (Å²) in [5, 5.41) is 5.01. The van der Waals surface area contributed by atoms with Crippen LogP contribution in [0.4, 0.5) is 13.2 Å². The van der Waals surface area contributed by atoms with Crippen LogP contribution in [-0.4, -0.2) is 38.2 Å². The number of carbonyl (C=O) groups is 2. The van der Waals surface area contributed by atoms with Gasteiger partial charge in [-0.3, -0.25) is 9.67 Å². The Morgan fingerprint density at radius 1 is 1.31 bits per heavy atom. The molecular formula is C16H13BrF3N3O3. The predicted octanol–water partition coefficient (Wildman–Crippen LogP) is 3.07. The van der Waals surface area contributed by atoms with E-state index in [1.807, 2.05) is 0 Å². The van der Waals surface area contributed by atoms with Crippen molar-refractivity contribution in [1.29, 1.82) is 0 Å². The van der Waals surface area contributed by atoms with Crippen LogP contribution in [0.3, 0.4) is 0 Å². The van der Waals surface area contributed by atoms with Crippen molar-refractivity contribution in [3.63, 3.8) is 0 Å². The number of alkyl halides is 4. The first-order chi connectivity index (χ1) is 12.3. The SMILES string of the molecule is O=C(OC(=O)C(F)(F)F)c1c2c(nn1CCCBr)-c1ccncc1CC2. The van der Waals surface area contributed by atoms with Gasteiger partial charge in [-0.05, 0) is 30.9 Å². The molecule has 10 heteroatoms. The molecular weight excluding hydrogens is 419 g/mol. The molecule has 0 bridgehead atoms. The van der Waals surface area contributed by atoms with Gasteiger partial charge in [0.1, 0.15) is 0 Å². The van der Waals surface area contributed by atoms with E-state index in [0.717, 1.165) is 11.1 Å². The number of aromatic nitrogens is 3. The fourth-order valence-electron chi connectivity index (χ4n) is 2.86. The number of carbonyl (C=O) groups excluding carboxylic acids is 2. The lowest BCUT2D eigenvalue weighted by Crippen LogP contribution is -2.29. The third-order valence-corrected chi connectivity index (χ3v) is 4.53. The number of esters is 2. The predicted molar refractivity (Wildman–Crippen MR) is 87.8 cm³/mol. The largest absolute Gasteiger partial charge is 0.491 e. The van der Waals surface area contributed by atoms with Crippen LogP contribution in [0.5, 0.6) is 0 Å². The molecule has 0 N–H and O–H groups in total. The first-order valence-electron chi connectivity index (χ1n) is 7.75. The zero-order chi connectivity index (χ0) is 18.9. The van der Waals surface area contributed by atoms with E-state index in [2.05, 4.69) is 30.7 Å². The second kappa shape index (κ2) is 7.18. The second-order valence-electron chi connectivity index (χ2n) is 5.65. The van der Waals surface area contributed by atoms with Crippen molar-refractivity contribution >= 4 is 27.9 Å². The quantitative estimate of drug-likeness (QED) is 0.422. The van der Waals surface area contributed by atoms with Crippen molar-refractivity contribution in [2.75, 3.05) is 5.33 Å². The Kier molecular flexibility index (Phi) is 5.12. The molecule has 1 aliphatic rings. The van der Waals surface area contributed by atoms with E-state index < -0.39 is 18.1 Å². The highest BCUT2D eigenvalue weighted by Crippen LogP contribution is 2.34. The highest BCUT2D eigenvalue weighted by atomic mass is 79.9. The van der Waals surface area contributed by atoms with Gasteiger partial charge in [-0.1, -0.05) is 15.9 Å². The van der Waals surface area contributed by atoms with Gasteiger partial charge in [0.2, 0.25) is 0 Å². The van der Waals surface area contributed by atoms with Crippen LogP contribution in [0.15, 0.2) is 18.5 Å². The first-order valence-corrected chi connectivity index (χ1v) is 8.87. The maximum Gasteiger partial charge on any atom is 0.491 e. The van der Waals surface area contributed by atoms with Gasteiger partial charge in [0.15, 0.2) is 5.69 Å². The van der Waals surface area contributed by atoms with Gasteiger partial charge >= 0.3 is 18.1 Å². The summed E-state index contributed by atoms with van der Waals surface area (Å²) in [5.41, 5.74) is 2.60. The van der Waals surface area contributed by atoms with E-state index >= 15 is 0 Å². The molecule has 2 aromatic heterocycles. The number of aryl methyl sites for hydroxylation is 2. The van der Waals surface area contributed by atoms with E-state index in [0.29, 0.717) is 42.4 Å². The molecule has 0 aliphatic heterocycles. The zero-order valence-electron chi connectivity index (χ0n) is 13.3. The summed E-state index contributed by atoms with van der Waals surface area (Å²) in [4.78, 5) is 27.4. The molecule has 0 fully saturated rings. The van der Waals surface area contributed by atoms with Crippen LogP contribution in [0.25, 0.3) is 11.3 Å². The fraction of sp³-hybridized carbons (Fsp3) is 0.375. The van der Waals surface area contributed by atoms with Gasteiger partial charge in [0.25, 0.3) is 0 Å². The van der Waals surface area contributed by atoms with Crippen LogP contribution in [-0.2, 0) is 28.9 Å². The molecule has 1 aliphatic carbocycles. The number of fused-ring (bicyclic) bond motifs is 3. The summed E-state index contributed by atoms with van der Waals surface area (Å²) < 4.78 is 42.6. The second-order valence-corrected chi connectivity index (χ2v) is 6.44. The number of nitrogens with zero attached hydrogens (tertiary/aromatic N) is 3. The lowest BCUT2D eigenvalue weighted by atomic mass is 9.90. The highest BCUT2D eigenvalue weighted by molar-refractivity contribution is 9.09. The summed E-state index contributed by atoms with van der Waals surface area (Å²) in [6.07, 6.45) is -0.412. The fourth-order valence-corrected chi connectivity index (χ4v) is 3.11. The standard InChI is InChI=1S/C16H13BrF3N3O3/c17-5-1-7-23-13(14(24)26-15(25)16(18,19)20)11-3-2-9-8-21-6-4-10(9)12(11)22-23/h4,6,8H,1-3,5,7H2. The maximum absolute atomic E-state index is 12.4. The van der Waals surface area contributed by atoms with E-state index in [1.165, 1.54) is 4.68 Å². The van der Waals surface area contributed by atoms with Gasteiger partial charge in [0, 0.05) is 35.4 Å². The average molecular weight is 432 g/mol. The monoisotopic (exact) mass is 431 g/mol. The zero-order valence-corrected chi connectivity index (χ0v) is 14.9. The van der Waals surface area contributed by atoms with Gasteiger partial charge in [-0.25, -0.2) is 9.59 Å². The molecule has 3 rings (SSSR count). The Hall–Kier alpha value is -2.23. The smallest absolute Gasteiger partial charge is 0.381 e. The third-order valence-electron chi connectivity index (χ3n) is 3.97. The number of halogens is 4. The molecule has 138 valence electrons. The van der Waals surface area contributed by atoms with Crippen molar-refractivity contribution in [3.8, 4) is 11.3 Å². The van der Waals surface area contributed by atoms with Crippen molar-refractivity contribution < 1.29 is 27.5 Å². The van der Waals surface area contributed by atoms with Gasteiger partial charge < -0.3 is 4.74 Å². The Labute approximate surface area is 154 Å². The molecule has 2 aromatic rings. The molecule has 2 heterocycles.